The van der Waals surface area contributed by atoms with Gasteiger partial charge < -0.3 is 14.8 Å². The first-order chi connectivity index (χ1) is 17.4. The van der Waals surface area contributed by atoms with E-state index in [0.717, 1.165) is 42.5 Å². The molecule has 2 heterocycles. The zero-order valence-corrected chi connectivity index (χ0v) is 20.7. The summed E-state index contributed by atoms with van der Waals surface area (Å²) in [6.45, 7) is 4.15. The molecule has 1 N–H and O–H groups in total. The van der Waals surface area contributed by atoms with Crippen LogP contribution in [-0.4, -0.2) is 35.8 Å². The van der Waals surface area contributed by atoms with E-state index in [1.165, 1.54) is 12.1 Å². The number of pyridine rings is 1. The fraction of sp³-hybridized carbons (Fsp3) is 0.483. The van der Waals surface area contributed by atoms with Gasteiger partial charge in [0.15, 0.2) is 0 Å². The summed E-state index contributed by atoms with van der Waals surface area (Å²) in [6.07, 6.45) is 9.07. The predicted molar refractivity (Wildman–Crippen MR) is 134 cm³/mol. The number of nitrogens with zero attached hydrogens (tertiary/aromatic N) is 1. The van der Waals surface area contributed by atoms with Crippen LogP contribution in [0.25, 0.3) is 17.2 Å². The van der Waals surface area contributed by atoms with Gasteiger partial charge in [0.25, 0.3) is 0 Å². The molecule has 36 heavy (non-hydrogen) atoms. The van der Waals surface area contributed by atoms with Crippen LogP contribution in [0.1, 0.15) is 45.2 Å². The molecule has 3 fully saturated rings. The molecule has 0 bridgehead atoms. The molecular weight excluding hydrogens is 459 g/mol. The Kier molecular flexibility index (Phi) is 7.08. The summed E-state index contributed by atoms with van der Waals surface area (Å²) in [5.74, 6) is 0.629. The normalized spacial score (nSPS) is 31.4. The molecule has 1 saturated heterocycles. The fourth-order valence-electron chi connectivity index (χ4n) is 6.64. The van der Waals surface area contributed by atoms with Crippen molar-refractivity contribution in [3.63, 3.8) is 0 Å². The van der Waals surface area contributed by atoms with Crippen LogP contribution in [0.5, 0.6) is 0 Å². The molecule has 1 aromatic heterocycles. The minimum Gasteiger partial charge on any atom is -0.462 e. The van der Waals surface area contributed by atoms with Crippen molar-refractivity contribution < 1.29 is 23.5 Å². The van der Waals surface area contributed by atoms with Gasteiger partial charge >= 0.3 is 12.1 Å². The molecule has 1 amide bonds. The maximum absolute atomic E-state index is 13.6. The monoisotopic (exact) mass is 492 g/mol. The number of amides is 1. The number of alkyl carbamates (subject to hydrolysis) is 1. The van der Waals surface area contributed by atoms with Crippen molar-refractivity contribution in [1.82, 2.24) is 10.3 Å². The van der Waals surface area contributed by atoms with Gasteiger partial charge in [0.2, 0.25) is 0 Å². The van der Waals surface area contributed by atoms with Crippen molar-refractivity contribution in [2.75, 3.05) is 6.61 Å². The summed E-state index contributed by atoms with van der Waals surface area (Å²) in [5.41, 5.74) is 2.48. The highest BCUT2D eigenvalue weighted by molar-refractivity contribution is 5.75. The van der Waals surface area contributed by atoms with Crippen molar-refractivity contribution >= 4 is 18.1 Å². The number of fused-ring (bicyclic) bond motifs is 2. The first-order valence-corrected chi connectivity index (χ1v) is 13.0. The van der Waals surface area contributed by atoms with Crippen LogP contribution in [0, 0.1) is 35.4 Å². The Morgan fingerprint density at radius 2 is 2.08 bits per heavy atom. The Morgan fingerprint density at radius 3 is 2.83 bits per heavy atom. The summed E-state index contributed by atoms with van der Waals surface area (Å²) in [7, 11) is 0. The number of hydrogen-bond donors (Lipinski definition) is 1. The third kappa shape index (κ3) is 5.01. The van der Waals surface area contributed by atoms with Gasteiger partial charge in [-0.1, -0.05) is 24.3 Å². The lowest BCUT2D eigenvalue weighted by Crippen LogP contribution is -2.48. The van der Waals surface area contributed by atoms with Crippen molar-refractivity contribution in [1.29, 1.82) is 0 Å². The smallest absolute Gasteiger partial charge is 0.407 e. The lowest BCUT2D eigenvalue weighted by molar-refractivity contribution is -0.144. The van der Waals surface area contributed by atoms with Gasteiger partial charge in [0, 0.05) is 23.7 Å². The predicted octanol–water partition coefficient (Wildman–Crippen LogP) is 5.63. The Morgan fingerprint density at radius 1 is 1.22 bits per heavy atom. The second-order valence-electron chi connectivity index (χ2n) is 10.3. The van der Waals surface area contributed by atoms with Crippen molar-refractivity contribution in [2.24, 2.45) is 29.6 Å². The molecule has 0 radical (unpaired) electrons. The summed E-state index contributed by atoms with van der Waals surface area (Å²) in [5, 5.41) is 3.00. The standard InChI is InChI=1S/C29H33FN2O4/c1-3-35-29(34)32-23-10-11-24-20(14-23)15-26-27(17(2)36-28(26)33)25(24)12-9-22-8-7-19(16-31-22)18-5-4-6-21(30)13-18/h4-9,12-13,16-17,20,23-27H,3,10-11,14-15H2,1-2H3,(H,32,34)/b12-9+/t17-,20-,23-,24+,25+,26+,27+/m1/s1. The SMILES string of the molecule is CCOC(=O)N[C@@H]1CC[C@H]2[C@H](C1)C[C@@H]1C(=O)O[C@H](C)[C@H]1[C@H]2/C=C/c1ccc(-c2cccc(F)c2)cn1. The number of halogens is 1. The lowest BCUT2D eigenvalue weighted by atomic mass is 9.57. The Balaban J connectivity index is 1.34. The average Bonchev–Trinajstić information content (AvgIpc) is 3.15. The molecule has 7 atom stereocenters. The number of aromatic nitrogens is 1. The molecule has 2 aliphatic carbocycles. The number of rotatable bonds is 5. The second-order valence-corrected chi connectivity index (χ2v) is 10.3. The van der Waals surface area contributed by atoms with Gasteiger partial charge in [-0.3, -0.25) is 9.78 Å². The number of nitrogens with one attached hydrogen (secondary N) is 1. The maximum Gasteiger partial charge on any atom is 0.407 e. The van der Waals surface area contributed by atoms with Crippen LogP contribution in [0.15, 0.2) is 48.7 Å². The third-order valence-corrected chi connectivity index (χ3v) is 8.18. The topological polar surface area (TPSA) is 77.5 Å². The van der Waals surface area contributed by atoms with E-state index in [-0.39, 0.29) is 47.8 Å². The fourth-order valence-corrected chi connectivity index (χ4v) is 6.64. The number of benzene rings is 1. The first-order valence-electron chi connectivity index (χ1n) is 13.0. The zero-order chi connectivity index (χ0) is 25.2. The molecule has 0 unspecified atom stereocenters. The molecule has 0 spiro atoms. The van der Waals surface area contributed by atoms with E-state index in [9.17, 15) is 14.0 Å². The van der Waals surface area contributed by atoms with E-state index in [4.69, 9.17) is 9.47 Å². The third-order valence-electron chi connectivity index (χ3n) is 8.18. The van der Waals surface area contributed by atoms with Crippen molar-refractivity contribution in [2.45, 2.75) is 51.7 Å². The highest BCUT2D eigenvalue weighted by Crippen LogP contribution is 2.53. The van der Waals surface area contributed by atoms with Crippen molar-refractivity contribution in [3.8, 4) is 11.1 Å². The molecular formula is C29H33FN2O4. The van der Waals surface area contributed by atoms with Gasteiger partial charge in [-0.2, -0.15) is 0 Å². The average molecular weight is 493 g/mol. The van der Waals surface area contributed by atoms with E-state index in [1.54, 1.807) is 19.2 Å². The second kappa shape index (κ2) is 10.4. The molecule has 1 aromatic carbocycles. The molecule has 2 saturated carbocycles. The Bertz CT molecular complexity index is 1130. The van der Waals surface area contributed by atoms with Crippen LogP contribution in [0.3, 0.4) is 0 Å². The quantitative estimate of drug-likeness (QED) is 0.548. The summed E-state index contributed by atoms with van der Waals surface area (Å²) in [4.78, 5) is 29.2. The first kappa shape index (κ1) is 24.5. The Labute approximate surface area is 211 Å². The molecule has 1 aliphatic heterocycles. The van der Waals surface area contributed by atoms with Gasteiger partial charge in [-0.15, -0.1) is 0 Å². The van der Waals surface area contributed by atoms with E-state index in [2.05, 4.69) is 16.4 Å². The van der Waals surface area contributed by atoms with Crippen LogP contribution < -0.4 is 5.32 Å². The minimum atomic E-state index is -0.368. The number of ether oxygens (including phenoxy) is 2. The van der Waals surface area contributed by atoms with Gasteiger partial charge in [-0.05, 0) is 87.1 Å². The molecule has 7 heteroatoms. The minimum absolute atomic E-state index is 0.0679. The largest absolute Gasteiger partial charge is 0.462 e. The molecule has 190 valence electrons. The summed E-state index contributed by atoms with van der Waals surface area (Å²) < 4.78 is 24.3. The van der Waals surface area contributed by atoms with E-state index in [0.29, 0.717) is 18.4 Å². The van der Waals surface area contributed by atoms with Crippen LogP contribution in [-0.2, 0) is 14.3 Å². The van der Waals surface area contributed by atoms with Crippen LogP contribution in [0.2, 0.25) is 0 Å². The van der Waals surface area contributed by atoms with E-state index < -0.39 is 0 Å². The van der Waals surface area contributed by atoms with E-state index >= 15 is 0 Å². The lowest BCUT2D eigenvalue weighted by Gasteiger charge is -2.47. The number of hydrogen-bond acceptors (Lipinski definition) is 5. The van der Waals surface area contributed by atoms with Crippen LogP contribution in [0.4, 0.5) is 9.18 Å². The highest BCUT2D eigenvalue weighted by Gasteiger charge is 2.54. The van der Waals surface area contributed by atoms with Gasteiger partial charge in [0.05, 0.1) is 18.2 Å². The molecule has 3 aliphatic rings. The number of esters is 1. The van der Waals surface area contributed by atoms with Gasteiger partial charge in [0.1, 0.15) is 11.9 Å². The Hall–Kier alpha value is -3.22. The number of cyclic esters (lactones) is 1. The van der Waals surface area contributed by atoms with Crippen molar-refractivity contribution in [3.05, 3.63) is 60.2 Å². The molecule has 5 rings (SSSR count). The molecule has 2 aromatic rings. The maximum atomic E-state index is 13.6. The summed E-state index contributed by atoms with van der Waals surface area (Å²) in [6, 6.07) is 10.4. The molecule has 6 nitrogen and oxygen atoms in total. The van der Waals surface area contributed by atoms with E-state index in [1.807, 2.05) is 31.2 Å². The van der Waals surface area contributed by atoms with Gasteiger partial charge in [-0.25, -0.2) is 9.18 Å². The number of carbonyl (C=O) groups is 2. The number of allylic oxidation sites excluding steroid dienone is 1. The number of carbonyl (C=O) groups excluding carboxylic acids is 2. The van der Waals surface area contributed by atoms with Crippen LogP contribution >= 0.6 is 0 Å². The highest BCUT2D eigenvalue weighted by atomic mass is 19.1. The summed E-state index contributed by atoms with van der Waals surface area (Å²) >= 11 is 0. The zero-order valence-electron chi connectivity index (χ0n) is 20.7.